The Kier molecular flexibility index (Phi) is 5.28. The van der Waals surface area contributed by atoms with Crippen LogP contribution >= 0.6 is 0 Å². The molecule has 9 nitrogen and oxygen atoms in total. The van der Waals surface area contributed by atoms with E-state index in [4.69, 9.17) is 9.47 Å². The fourth-order valence-electron chi connectivity index (χ4n) is 3.31. The molecule has 1 aliphatic rings. The van der Waals surface area contributed by atoms with Gasteiger partial charge in [-0.25, -0.2) is 9.97 Å². The zero-order chi connectivity index (χ0) is 20.2. The predicted molar refractivity (Wildman–Crippen MR) is 109 cm³/mol. The normalized spacial score (nSPS) is 13.4. The van der Waals surface area contributed by atoms with Crippen LogP contribution in [0.2, 0.25) is 0 Å². The van der Waals surface area contributed by atoms with Crippen molar-refractivity contribution >= 4 is 17.5 Å². The third-order valence-corrected chi connectivity index (χ3v) is 4.83. The third kappa shape index (κ3) is 3.98. The first kappa shape index (κ1) is 18.7. The first-order valence-electron chi connectivity index (χ1n) is 9.34. The van der Waals surface area contributed by atoms with Gasteiger partial charge in [-0.05, 0) is 37.1 Å². The van der Waals surface area contributed by atoms with Gasteiger partial charge >= 0.3 is 0 Å². The van der Waals surface area contributed by atoms with Crippen LogP contribution in [0.4, 0.5) is 11.6 Å². The van der Waals surface area contributed by atoms with Crippen molar-refractivity contribution in [2.24, 2.45) is 0 Å². The van der Waals surface area contributed by atoms with Crippen LogP contribution in [0.1, 0.15) is 23.3 Å². The molecule has 3 aromatic rings. The van der Waals surface area contributed by atoms with Gasteiger partial charge < -0.3 is 19.7 Å². The van der Waals surface area contributed by atoms with E-state index in [1.165, 1.54) is 6.33 Å². The highest BCUT2D eigenvalue weighted by atomic mass is 16.5. The van der Waals surface area contributed by atoms with Gasteiger partial charge in [0.2, 0.25) is 0 Å². The van der Waals surface area contributed by atoms with E-state index in [1.54, 1.807) is 38.5 Å². The maximum Gasteiger partial charge on any atom is 0.274 e. The lowest BCUT2D eigenvalue weighted by Crippen LogP contribution is -2.20. The fraction of sp³-hybridized carbons (Fsp3) is 0.300. The van der Waals surface area contributed by atoms with Crippen LogP contribution < -0.4 is 19.7 Å². The van der Waals surface area contributed by atoms with Gasteiger partial charge in [0.05, 0.1) is 19.9 Å². The summed E-state index contributed by atoms with van der Waals surface area (Å²) < 4.78 is 10.7. The Morgan fingerprint density at radius 3 is 2.69 bits per heavy atom. The molecule has 3 heterocycles. The first-order chi connectivity index (χ1) is 14.2. The Bertz CT molecular complexity index is 1010. The number of rotatable bonds is 6. The molecule has 2 aromatic heterocycles. The standard InChI is InChI=1S/C20H22N6O3/c1-28-13-5-6-17(29-2)14(9-13)15-10-16(25-24-15)20(27)23-18-11-19(22-12-21-18)26-7-3-4-8-26/h5-6,9-12H,3-4,7-8H2,1-2H3,(H,24,25)(H,21,22,23,27). The Morgan fingerprint density at radius 2 is 1.93 bits per heavy atom. The number of nitrogens with one attached hydrogen (secondary N) is 2. The Balaban J connectivity index is 1.53. The largest absolute Gasteiger partial charge is 0.497 e. The van der Waals surface area contributed by atoms with Crippen molar-refractivity contribution in [2.75, 3.05) is 37.5 Å². The van der Waals surface area contributed by atoms with Gasteiger partial charge in [-0.3, -0.25) is 9.89 Å². The summed E-state index contributed by atoms with van der Waals surface area (Å²) >= 11 is 0. The van der Waals surface area contributed by atoms with Gasteiger partial charge in [0.15, 0.2) is 0 Å². The molecule has 1 aromatic carbocycles. The quantitative estimate of drug-likeness (QED) is 0.662. The summed E-state index contributed by atoms with van der Waals surface area (Å²) in [5.74, 6) is 2.23. The number of hydrogen-bond acceptors (Lipinski definition) is 7. The summed E-state index contributed by atoms with van der Waals surface area (Å²) in [7, 11) is 3.17. The molecule has 29 heavy (non-hydrogen) atoms. The second-order valence-corrected chi connectivity index (χ2v) is 6.64. The molecule has 1 amide bonds. The summed E-state index contributed by atoms with van der Waals surface area (Å²) in [5.41, 5.74) is 1.61. The number of aromatic amines is 1. The zero-order valence-corrected chi connectivity index (χ0v) is 16.3. The zero-order valence-electron chi connectivity index (χ0n) is 16.3. The Morgan fingerprint density at radius 1 is 1.10 bits per heavy atom. The first-order valence-corrected chi connectivity index (χ1v) is 9.34. The Hall–Kier alpha value is -3.62. The minimum atomic E-state index is -0.336. The highest BCUT2D eigenvalue weighted by Gasteiger charge is 2.17. The smallest absolute Gasteiger partial charge is 0.274 e. The number of H-pyrrole nitrogens is 1. The number of anilines is 2. The van der Waals surface area contributed by atoms with Crippen molar-refractivity contribution in [3.05, 3.63) is 42.4 Å². The van der Waals surface area contributed by atoms with Gasteiger partial charge in [-0.15, -0.1) is 0 Å². The lowest BCUT2D eigenvalue weighted by atomic mass is 10.1. The van der Waals surface area contributed by atoms with E-state index >= 15 is 0 Å². The van der Waals surface area contributed by atoms with E-state index < -0.39 is 0 Å². The molecular weight excluding hydrogens is 372 g/mol. The van der Waals surface area contributed by atoms with Crippen molar-refractivity contribution in [3.63, 3.8) is 0 Å². The average Bonchev–Trinajstić information content (AvgIpc) is 3.46. The molecule has 9 heteroatoms. The number of ether oxygens (including phenoxy) is 2. The molecule has 1 fully saturated rings. The summed E-state index contributed by atoms with van der Waals surface area (Å²) in [5, 5.41) is 9.82. The number of methoxy groups -OCH3 is 2. The summed E-state index contributed by atoms with van der Waals surface area (Å²) in [6, 6.07) is 8.85. The summed E-state index contributed by atoms with van der Waals surface area (Å²) in [6.07, 6.45) is 3.76. The number of carbonyl (C=O) groups is 1. The van der Waals surface area contributed by atoms with Crippen LogP contribution in [0.3, 0.4) is 0 Å². The van der Waals surface area contributed by atoms with Gasteiger partial charge in [0, 0.05) is 24.7 Å². The highest BCUT2D eigenvalue weighted by molar-refractivity contribution is 6.03. The van der Waals surface area contributed by atoms with E-state index in [9.17, 15) is 4.79 Å². The summed E-state index contributed by atoms with van der Waals surface area (Å²) in [6.45, 7) is 1.94. The predicted octanol–water partition coefficient (Wildman–Crippen LogP) is 2.74. The number of amides is 1. The molecule has 0 bridgehead atoms. The number of carbonyl (C=O) groups excluding carboxylic acids is 1. The lowest BCUT2D eigenvalue weighted by molar-refractivity contribution is 0.102. The van der Waals surface area contributed by atoms with E-state index in [-0.39, 0.29) is 5.91 Å². The molecule has 2 N–H and O–H groups in total. The van der Waals surface area contributed by atoms with Crippen molar-refractivity contribution in [3.8, 4) is 22.8 Å². The van der Waals surface area contributed by atoms with Gasteiger partial charge in [0.1, 0.15) is 35.2 Å². The van der Waals surface area contributed by atoms with Crippen molar-refractivity contribution in [1.29, 1.82) is 0 Å². The molecule has 1 aliphatic heterocycles. The number of nitrogens with zero attached hydrogens (tertiary/aromatic N) is 4. The second kappa shape index (κ2) is 8.17. The van der Waals surface area contributed by atoms with Gasteiger partial charge in [0.25, 0.3) is 5.91 Å². The third-order valence-electron chi connectivity index (χ3n) is 4.83. The van der Waals surface area contributed by atoms with Crippen molar-refractivity contribution in [2.45, 2.75) is 12.8 Å². The van der Waals surface area contributed by atoms with Crippen LogP contribution in [0, 0.1) is 0 Å². The number of aromatic nitrogens is 4. The van der Waals surface area contributed by atoms with Crippen LogP contribution in [0.5, 0.6) is 11.5 Å². The van der Waals surface area contributed by atoms with E-state index in [2.05, 4.69) is 30.4 Å². The lowest BCUT2D eigenvalue weighted by Gasteiger charge is -2.16. The fourth-order valence-corrected chi connectivity index (χ4v) is 3.31. The number of hydrogen-bond donors (Lipinski definition) is 2. The molecule has 4 rings (SSSR count). The van der Waals surface area contributed by atoms with E-state index in [1.807, 2.05) is 6.07 Å². The highest BCUT2D eigenvalue weighted by Crippen LogP contribution is 2.32. The molecule has 0 spiro atoms. The average molecular weight is 394 g/mol. The minimum Gasteiger partial charge on any atom is -0.497 e. The monoisotopic (exact) mass is 394 g/mol. The minimum absolute atomic E-state index is 0.311. The topological polar surface area (TPSA) is 105 Å². The molecule has 150 valence electrons. The van der Waals surface area contributed by atoms with E-state index in [0.717, 1.165) is 37.3 Å². The molecule has 1 saturated heterocycles. The molecule has 0 saturated carbocycles. The molecule has 0 atom stereocenters. The van der Waals surface area contributed by atoms with Crippen molar-refractivity contribution < 1.29 is 14.3 Å². The molecular formula is C20H22N6O3. The van der Waals surface area contributed by atoms with Gasteiger partial charge in [-0.2, -0.15) is 5.10 Å². The Labute approximate surface area is 168 Å². The second-order valence-electron chi connectivity index (χ2n) is 6.64. The maximum absolute atomic E-state index is 12.7. The van der Waals surface area contributed by atoms with Crippen molar-refractivity contribution in [1.82, 2.24) is 20.2 Å². The number of benzene rings is 1. The maximum atomic E-state index is 12.7. The van der Waals surface area contributed by atoms with Gasteiger partial charge in [-0.1, -0.05) is 0 Å². The van der Waals surface area contributed by atoms with Crippen LogP contribution in [0.15, 0.2) is 36.7 Å². The summed E-state index contributed by atoms with van der Waals surface area (Å²) in [4.78, 5) is 23.3. The van der Waals surface area contributed by atoms with Crippen LogP contribution in [-0.4, -0.2) is 53.4 Å². The SMILES string of the molecule is COc1ccc(OC)c(-c2cc(C(=O)Nc3cc(N4CCCC4)ncn3)[nH]n2)c1. The molecule has 0 aliphatic carbocycles. The molecule has 0 radical (unpaired) electrons. The van der Waals surface area contributed by atoms with Crippen LogP contribution in [-0.2, 0) is 0 Å². The van der Waals surface area contributed by atoms with Crippen LogP contribution in [0.25, 0.3) is 11.3 Å². The molecule has 0 unspecified atom stereocenters. The van der Waals surface area contributed by atoms with E-state index in [0.29, 0.717) is 28.7 Å².